The summed E-state index contributed by atoms with van der Waals surface area (Å²) in [5.41, 5.74) is -0.697. The van der Waals surface area contributed by atoms with Gasteiger partial charge in [0, 0.05) is 23.1 Å². The van der Waals surface area contributed by atoms with Crippen molar-refractivity contribution in [2.24, 2.45) is 0 Å². The second-order valence-electron chi connectivity index (χ2n) is 6.52. The van der Waals surface area contributed by atoms with Crippen LogP contribution in [-0.2, 0) is 5.60 Å². The van der Waals surface area contributed by atoms with Gasteiger partial charge in [-0.2, -0.15) is 0 Å². The van der Waals surface area contributed by atoms with Crippen LogP contribution >= 0.6 is 0 Å². The summed E-state index contributed by atoms with van der Waals surface area (Å²) in [6.45, 7) is 0.0142. The van der Waals surface area contributed by atoms with E-state index in [4.69, 9.17) is 23.4 Å². The average molecular weight is 368 g/mol. The number of hydrogen-bond acceptors (Lipinski definition) is 7. The first-order valence-electron chi connectivity index (χ1n) is 8.40. The topological polar surface area (TPSA) is 87.4 Å². The lowest BCUT2D eigenvalue weighted by Crippen LogP contribution is -2.57. The number of furan rings is 1. The number of benzene rings is 2. The van der Waals surface area contributed by atoms with Crippen molar-refractivity contribution in [2.45, 2.75) is 11.7 Å². The van der Waals surface area contributed by atoms with Gasteiger partial charge in [0.2, 0.25) is 5.78 Å². The number of rotatable bonds is 2. The summed E-state index contributed by atoms with van der Waals surface area (Å²) in [5.74, 6) is 1.11. The number of methoxy groups -OCH3 is 2. The molecule has 2 aromatic carbocycles. The Balaban J connectivity index is 1.72. The minimum Gasteiger partial charge on any atom is -0.493 e. The standard InChI is InChI=1S/C20H16O7/c1-23-16-6-12-15(8-17(16)24-2)26-9-18-20(12,22)19(21)11-5-10-3-4-25-13(10)7-14(11)27-18/h3-8,18,22H,9H2,1-2H3/t18-,20-/m0/s1. The zero-order valence-electron chi connectivity index (χ0n) is 14.6. The second kappa shape index (κ2) is 5.40. The monoisotopic (exact) mass is 368 g/mol. The first kappa shape index (κ1) is 16.0. The van der Waals surface area contributed by atoms with E-state index in [0.717, 1.165) is 5.39 Å². The fourth-order valence-corrected chi connectivity index (χ4v) is 3.75. The van der Waals surface area contributed by atoms with E-state index in [-0.39, 0.29) is 6.61 Å². The summed E-state index contributed by atoms with van der Waals surface area (Å²) in [6.07, 6.45) is 0.647. The quantitative estimate of drug-likeness (QED) is 0.744. The molecule has 3 heterocycles. The molecule has 0 saturated carbocycles. The lowest BCUT2D eigenvalue weighted by atomic mass is 9.77. The molecule has 0 aliphatic carbocycles. The molecule has 0 saturated heterocycles. The van der Waals surface area contributed by atoms with Gasteiger partial charge in [-0.1, -0.05) is 0 Å². The summed E-state index contributed by atoms with van der Waals surface area (Å²) in [5, 5.41) is 12.2. The molecule has 0 spiro atoms. The summed E-state index contributed by atoms with van der Waals surface area (Å²) in [7, 11) is 2.99. The minimum absolute atomic E-state index is 0.0142. The van der Waals surface area contributed by atoms with Gasteiger partial charge in [-0.3, -0.25) is 4.79 Å². The molecular formula is C20H16O7. The van der Waals surface area contributed by atoms with Crippen LogP contribution in [0.3, 0.4) is 0 Å². The molecule has 0 unspecified atom stereocenters. The highest BCUT2D eigenvalue weighted by Crippen LogP contribution is 2.49. The number of hydrogen-bond donors (Lipinski definition) is 1. The van der Waals surface area contributed by atoms with Gasteiger partial charge in [0.15, 0.2) is 23.2 Å². The van der Waals surface area contributed by atoms with Gasteiger partial charge >= 0.3 is 0 Å². The van der Waals surface area contributed by atoms with Crippen molar-refractivity contribution >= 4 is 16.8 Å². The number of aliphatic hydroxyl groups is 1. The Labute approximate surface area is 154 Å². The van der Waals surface area contributed by atoms with Crippen LogP contribution in [0.15, 0.2) is 41.0 Å². The summed E-state index contributed by atoms with van der Waals surface area (Å²) < 4.78 is 27.7. The number of Topliss-reactive ketones (excluding diaryl/α,β-unsaturated/α-hetero) is 1. The Morgan fingerprint density at radius 3 is 2.67 bits per heavy atom. The Morgan fingerprint density at radius 2 is 1.89 bits per heavy atom. The average Bonchev–Trinajstić information content (AvgIpc) is 3.14. The molecule has 1 N–H and O–H groups in total. The molecular weight excluding hydrogens is 352 g/mol. The van der Waals surface area contributed by atoms with Crippen LogP contribution in [0.25, 0.3) is 11.0 Å². The van der Waals surface area contributed by atoms with Crippen LogP contribution in [0.4, 0.5) is 0 Å². The predicted molar refractivity (Wildman–Crippen MR) is 93.9 cm³/mol. The summed E-state index contributed by atoms with van der Waals surface area (Å²) in [4.78, 5) is 13.4. The Hall–Kier alpha value is -3.19. The van der Waals surface area contributed by atoms with E-state index in [2.05, 4.69) is 0 Å². The maximum atomic E-state index is 13.4. The maximum absolute atomic E-state index is 13.4. The van der Waals surface area contributed by atoms with Crippen molar-refractivity contribution in [3.63, 3.8) is 0 Å². The molecule has 0 fully saturated rings. The van der Waals surface area contributed by atoms with Crippen molar-refractivity contribution in [3.05, 3.63) is 47.7 Å². The minimum atomic E-state index is -1.89. The Kier molecular flexibility index (Phi) is 3.21. The molecule has 5 rings (SSSR count). The lowest BCUT2D eigenvalue weighted by Gasteiger charge is -2.43. The highest BCUT2D eigenvalue weighted by atomic mass is 16.6. The van der Waals surface area contributed by atoms with Crippen LogP contribution in [0.1, 0.15) is 15.9 Å². The SMILES string of the molecule is COc1cc2c(cc1OC)[C@@]1(O)C(=O)c3cc4ccoc4cc3O[C@H]1CO2. The molecule has 1 aromatic heterocycles. The van der Waals surface area contributed by atoms with Gasteiger partial charge < -0.3 is 28.5 Å². The third-order valence-corrected chi connectivity index (χ3v) is 5.17. The van der Waals surface area contributed by atoms with Crippen molar-refractivity contribution < 1.29 is 33.3 Å². The number of carbonyl (C=O) groups is 1. The normalized spacial score (nSPS) is 22.9. The van der Waals surface area contributed by atoms with Crippen molar-refractivity contribution in [3.8, 4) is 23.0 Å². The van der Waals surface area contributed by atoms with Crippen LogP contribution in [0.5, 0.6) is 23.0 Å². The van der Waals surface area contributed by atoms with E-state index in [1.807, 2.05) is 0 Å². The number of ketones is 1. The van der Waals surface area contributed by atoms with Crippen molar-refractivity contribution in [2.75, 3.05) is 20.8 Å². The summed E-state index contributed by atoms with van der Waals surface area (Å²) >= 11 is 0. The molecule has 3 aromatic rings. The van der Waals surface area contributed by atoms with Crippen molar-refractivity contribution in [1.29, 1.82) is 0 Å². The fraction of sp³-hybridized carbons (Fsp3) is 0.250. The van der Waals surface area contributed by atoms with Crippen molar-refractivity contribution in [1.82, 2.24) is 0 Å². The molecule has 2 atom stereocenters. The smallest absolute Gasteiger partial charge is 0.206 e. The van der Waals surface area contributed by atoms with Crippen LogP contribution in [0.2, 0.25) is 0 Å². The number of ether oxygens (including phenoxy) is 4. The van der Waals surface area contributed by atoms with Crippen LogP contribution in [0, 0.1) is 0 Å². The molecule has 138 valence electrons. The Bertz CT molecular complexity index is 1080. The van der Waals surface area contributed by atoms with Gasteiger partial charge in [0.25, 0.3) is 0 Å². The zero-order chi connectivity index (χ0) is 18.8. The fourth-order valence-electron chi connectivity index (χ4n) is 3.75. The molecule has 2 aliphatic rings. The third-order valence-electron chi connectivity index (χ3n) is 5.17. The van der Waals surface area contributed by atoms with Gasteiger partial charge in [0.1, 0.15) is 23.7 Å². The molecule has 0 amide bonds. The molecule has 2 aliphatic heterocycles. The first-order chi connectivity index (χ1) is 13.1. The lowest BCUT2D eigenvalue weighted by molar-refractivity contribution is -0.0799. The van der Waals surface area contributed by atoms with E-state index < -0.39 is 17.5 Å². The van der Waals surface area contributed by atoms with E-state index >= 15 is 0 Å². The molecule has 0 bridgehead atoms. The molecule has 0 radical (unpaired) electrons. The van der Waals surface area contributed by atoms with Gasteiger partial charge in [-0.25, -0.2) is 0 Å². The van der Waals surface area contributed by atoms with E-state index in [1.165, 1.54) is 20.5 Å². The third kappa shape index (κ3) is 2.03. The van der Waals surface area contributed by atoms with Gasteiger partial charge in [-0.05, 0) is 18.2 Å². The highest BCUT2D eigenvalue weighted by Gasteiger charge is 2.56. The zero-order valence-corrected chi connectivity index (χ0v) is 14.6. The van der Waals surface area contributed by atoms with Crippen LogP contribution < -0.4 is 18.9 Å². The van der Waals surface area contributed by atoms with E-state index in [0.29, 0.717) is 39.7 Å². The van der Waals surface area contributed by atoms with Gasteiger partial charge in [0.05, 0.1) is 26.0 Å². The van der Waals surface area contributed by atoms with E-state index in [1.54, 1.807) is 30.3 Å². The molecule has 7 nitrogen and oxygen atoms in total. The maximum Gasteiger partial charge on any atom is 0.206 e. The summed E-state index contributed by atoms with van der Waals surface area (Å²) in [6, 6.07) is 8.24. The predicted octanol–water partition coefficient (Wildman–Crippen LogP) is 2.67. The number of fused-ring (bicyclic) bond motifs is 5. The second-order valence-corrected chi connectivity index (χ2v) is 6.52. The van der Waals surface area contributed by atoms with Crippen LogP contribution in [-0.4, -0.2) is 37.8 Å². The van der Waals surface area contributed by atoms with Gasteiger partial charge in [-0.15, -0.1) is 0 Å². The first-order valence-corrected chi connectivity index (χ1v) is 8.40. The number of carbonyl (C=O) groups excluding carboxylic acids is 1. The molecule has 7 heteroatoms. The largest absolute Gasteiger partial charge is 0.493 e. The van der Waals surface area contributed by atoms with E-state index in [9.17, 15) is 9.90 Å². The highest BCUT2D eigenvalue weighted by molar-refractivity contribution is 6.09. The molecule has 27 heavy (non-hydrogen) atoms. The Morgan fingerprint density at radius 1 is 1.11 bits per heavy atom.